The molecule has 2 rings (SSSR count). The Bertz CT molecular complexity index is 675. The van der Waals surface area contributed by atoms with Crippen LogP contribution in [0.15, 0.2) is 30.9 Å². The molecular weight excluding hydrogens is 368 g/mol. The lowest BCUT2D eigenvalue weighted by Gasteiger charge is -2.34. The van der Waals surface area contributed by atoms with E-state index in [0.29, 0.717) is 6.07 Å². The van der Waals surface area contributed by atoms with Crippen LogP contribution in [0.4, 0.5) is 8.78 Å². The standard InChI is InChI=1S/C13H13F2N3O2S2.ClH/c1-8(20-12(21)22)13(19,5-18-7-16-6-17-18)10-3-2-9(14)4-11(10)15;/h2-4,6-8,19H,5H2,1H3,(H,21,22);1H. The van der Waals surface area contributed by atoms with E-state index in [-0.39, 0.29) is 28.9 Å². The molecule has 5 nitrogen and oxygen atoms in total. The van der Waals surface area contributed by atoms with Gasteiger partial charge in [-0.25, -0.2) is 18.4 Å². The molecule has 0 aliphatic rings. The van der Waals surface area contributed by atoms with Crippen molar-refractivity contribution in [2.45, 2.75) is 25.2 Å². The number of aliphatic hydroxyl groups is 1. The van der Waals surface area contributed by atoms with Crippen molar-refractivity contribution >= 4 is 41.6 Å². The Morgan fingerprint density at radius 1 is 1.52 bits per heavy atom. The molecule has 0 aliphatic carbocycles. The second-order valence-electron chi connectivity index (χ2n) is 4.67. The molecule has 1 aromatic carbocycles. The van der Waals surface area contributed by atoms with Crippen LogP contribution in [0.1, 0.15) is 12.5 Å². The number of thiol groups is 1. The molecule has 1 heterocycles. The highest BCUT2D eigenvalue weighted by Crippen LogP contribution is 2.31. The minimum Gasteiger partial charge on any atom is -0.472 e. The number of aromatic nitrogens is 3. The molecule has 2 unspecified atom stereocenters. The van der Waals surface area contributed by atoms with E-state index in [4.69, 9.17) is 17.0 Å². The number of thiocarbonyl (C=S) groups is 1. The Labute approximate surface area is 148 Å². The largest absolute Gasteiger partial charge is 0.472 e. The Balaban J connectivity index is 0.00000264. The van der Waals surface area contributed by atoms with Gasteiger partial charge in [-0.15, -0.1) is 12.4 Å². The number of hydrogen-bond donors (Lipinski definition) is 2. The average Bonchev–Trinajstić information content (AvgIpc) is 2.90. The highest BCUT2D eigenvalue weighted by molar-refractivity contribution is 8.10. The van der Waals surface area contributed by atoms with Crippen molar-refractivity contribution in [2.75, 3.05) is 0 Å². The first-order valence-corrected chi connectivity index (χ1v) is 7.08. The zero-order valence-corrected chi connectivity index (χ0v) is 14.4. The van der Waals surface area contributed by atoms with Crippen LogP contribution >= 0.6 is 37.3 Å². The van der Waals surface area contributed by atoms with Gasteiger partial charge >= 0.3 is 0 Å². The summed E-state index contributed by atoms with van der Waals surface area (Å²) in [6, 6.07) is 2.90. The van der Waals surface area contributed by atoms with E-state index in [1.165, 1.54) is 24.3 Å². The molecule has 0 aliphatic heterocycles. The monoisotopic (exact) mass is 381 g/mol. The summed E-state index contributed by atoms with van der Waals surface area (Å²) in [6.45, 7) is 1.34. The quantitative estimate of drug-likeness (QED) is 0.615. The molecule has 0 spiro atoms. The fraction of sp³-hybridized carbons (Fsp3) is 0.308. The van der Waals surface area contributed by atoms with Crippen LogP contribution in [0.5, 0.6) is 0 Å². The first-order valence-electron chi connectivity index (χ1n) is 6.23. The first-order chi connectivity index (χ1) is 10.3. The number of ether oxygens (including phenoxy) is 1. The molecule has 0 fully saturated rings. The lowest BCUT2D eigenvalue weighted by molar-refractivity contribution is -0.0784. The summed E-state index contributed by atoms with van der Waals surface area (Å²) in [4.78, 5) is 3.76. The molecule has 0 radical (unpaired) electrons. The molecule has 1 N–H and O–H groups in total. The minimum atomic E-state index is -1.85. The van der Waals surface area contributed by atoms with E-state index >= 15 is 0 Å². The van der Waals surface area contributed by atoms with Gasteiger partial charge in [0.2, 0.25) is 4.38 Å². The van der Waals surface area contributed by atoms with E-state index in [9.17, 15) is 13.9 Å². The predicted octanol–water partition coefficient (Wildman–Crippen LogP) is 2.49. The number of rotatable bonds is 5. The van der Waals surface area contributed by atoms with Gasteiger partial charge in [0.05, 0.1) is 6.54 Å². The van der Waals surface area contributed by atoms with Gasteiger partial charge in [-0.05, 0) is 25.2 Å². The molecular formula is C13H14ClF2N3O2S2. The van der Waals surface area contributed by atoms with Crippen LogP contribution in [-0.2, 0) is 16.9 Å². The van der Waals surface area contributed by atoms with E-state index in [1.807, 2.05) is 0 Å². The van der Waals surface area contributed by atoms with Crippen molar-refractivity contribution in [1.82, 2.24) is 14.8 Å². The Morgan fingerprint density at radius 2 is 2.22 bits per heavy atom. The third-order valence-corrected chi connectivity index (χ3v) is 3.42. The van der Waals surface area contributed by atoms with Crippen LogP contribution < -0.4 is 0 Å². The van der Waals surface area contributed by atoms with E-state index < -0.39 is 23.3 Å². The van der Waals surface area contributed by atoms with Gasteiger partial charge in [-0.2, -0.15) is 5.10 Å². The third-order valence-electron chi connectivity index (χ3n) is 3.22. The van der Waals surface area contributed by atoms with Crippen molar-refractivity contribution < 1.29 is 18.6 Å². The molecule has 23 heavy (non-hydrogen) atoms. The average molecular weight is 382 g/mol. The fourth-order valence-corrected chi connectivity index (χ4v) is 2.39. The van der Waals surface area contributed by atoms with Gasteiger partial charge in [0, 0.05) is 11.6 Å². The Hall–Kier alpha value is -1.29. The maximum Gasteiger partial charge on any atom is 0.217 e. The van der Waals surface area contributed by atoms with Crippen molar-refractivity contribution in [3.63, 3.8) is 0 Å². The minimum absolute atomic E-state index is 0. The molecule has 10 heteroatoms. The Kier molecular flexibility index (Phi) is 6.87. The van der Waals surface area contributed by atoms with Crippen molar-refractivity contribution in [3.8, 4) is 0 Å². The molecule has 2 aromatic rings. The van der Waals surface area contributed by atoms with E-state index in [2.05, 4.69) is 22.7 Å². The van der Waals surface area contributed by atoms with Crippen LogP contribution in [0, 0.1) is 11.6 Å². The maximum absolute atomic E-state index is 14.1. The zero-order chi connectivity index (χ0) is 16.3. The summed E-state index contributed by atoms with van der Waals surface area (Å²) in [5, 5.41) is 14.9. The molecule has 0 saturated heterocycles. The summed E-state index contributed by atoms with van der Waals surface area (Å²) in [6.07, 6.45) is 1.68. The van der Waals surface area contributed by atoms with Gasteiger partial charge in [0.25, 0.3) is 0 Å². The molecule has 0 bridgehead atoms. The molecule has 126 valence electrons. The topological polar surface area (TPSA) is 60.2 Å². The number of benzene rings is 1. The molecule has 0 saturated carbocycles. The molecule has 1 aromatic heterocycles. The fourth-order valence-electron chi connectivity index (χ4n) is 2.08. The second kappa shape index (κ2) is 8.00. The normalized spacial score (nSPS) is 14.5. The van der Waals surface area contributed by atoms with E-state index in [0.717, 1.165) is 12.1 Å². The van der Waals surface area contributed by atoms with E-state index in [1.54, 1.807) is 0 Å². The van der Waals surface area contributed by atoms with Gasteiger partial charge in [0.15, 0.2) is 0 Å². The summed E-state index contributed by atoms with van der Waals surface area (Å²) < 4.78 is 33.7. The SMILES string of the molecule is CC(OC(=S)S)C(O)(Cn1cncn1)c1ccc(F)cc1F.Cl. The highest BCUT2D eigenvalue weighted by atomic mass is 35.5. The van der Waals surface area contributed by atoms with Crippen LogP contribution in [0.25, 0.3) is 0 Å². The molecule has 0 amide bonds. The summed E-state index contributed by atoms with van der Waals surface area (Å²) >= 11 is 8.58. The lowest BCUT2D eigenvalue weighted by atomic mass is 9.88. The van der Waals surface area contributed by atoms with Crippen LogP contribution in [0.3, 0.4) is 0 Å². The summed E-state index contributed by atoms with van der Waals surface area (Å²) in [7, 11) is 0. The lowest BCUT2D eigenvalue weighted by Crippen LogP contribution is -2.44. The molecule has 2 atom stereocenters. The summed E-state index contributed by atoms with van der Waals surface area (Å²) in [5.74, 6) is -1.65. The predicted molar refractivity (Wildman–Crippen MR) is 89.7 cm³/mol. The Morgan fingerprint density at radius 3 is 2.74 bits per heavy atom. The number of hydrogen-bond acceptors (Lipinski definition) is 5. The van der Waals surface area contributed by atoms with Crippen molar-refractivity contribution in [1.29, 1.82) is 0 Å². The number of halogens is 3. The summed E-state index contributed by atoms with van der Waals surface area (Å²) in [5.41, 5.74) is -1.99. The highest BCUT2D eigenvalue weighted by Gasteiger charge is 2.41. The van der Waals surface area contributed by atoms with Crippen molar-refractivity contribution in [2.24, 2.45) is 0 Å². The van der Waals surface area contributed by atoms with Crippen molar-refractivity contribution in [3.05, 3.63) is 48.1 Å². The van der Waals surface area contributed by atoms with Crippen LogP contribution in [0.2, 0.25) is 0 Å². The van der Waals surface area contributed by atoms with Crippen LogP contribution in [-0.4, -0.2) is 30.4 Å². The smallest absolute Gasteiger partial charge is 0.217 e. The van der Waals surface area contributed by atoms with Gasteiger partial charge in [-0.1, -0.05) is 18.7 Å². The van der Waals surface area contributed by atoms with Gasteiger partial charge in [0.1, 0.15) is 36.0 Å². The van der Waals surface area contributed by atoms with Gasteiger partial charge in [-0.3, -0.25) is 0 Å². The zero-order valence-electron chi connectivity index (χ0n) is 11.9. The second-order valence-corrected chi connectivity index (χ2v) is 5.75. The third kappa shape index (κ3) is 4.60. The first kappa shape index (κ1) is 19.8. The maximum atomic E-state index is 14.1. The van der Waals surface area contributed by atoms with Gasteiger partial charge < -0.3 is 9.84 Å². The number of nitrogens with zero attached hydrogens (tertiary/aromatic N) is 3.